The van der Waals surface area contributed by atoms with E-state index in [0.717, 1.165) is 22.3 Å². The van der Waals surface area contributed by atoms with Gasteiger partial charge >= 0.3 is 12.1 Å². The first kappa shape index (κ1) is 24.0. The predicted molar refractivity (Wildman–Crippen MR) is 129 cm³/mol. The second-order valence-corrected chi connectivity index (χ2v) is 8.62. The molecular weight excluding hydrogens is 448 g/mol. The molecule has 1 unspecified atom stereocenters. The average molecular weight is 477 g/mol. The Balaban J connectivity index is 1.39. The quantitative estimate of drug-likeness (QED) is 0.355. The summed E-state index contributed by atoms with van der Waals surface area (Å²) in [6.07, 6.45) is 2.83. The van der Waals surface area contributed by atoms with Crippen LogP contribution in [0.4, 0.5) is 4.79 Å². The van der Waals surface area contributed by atoms with E-state index in [1.54, 1.807) is 13.1 Å². The van der Waals surface area contributed by atoms with E-state index in [-0.39, 0.29) is 31.9 Å². The zero-order valence-electron chi connectivity index (χ0n) is 19.4. The Morgan fingerprint density at radius 1 is 1.09 bits per heavy atom. The molecule has 1 aromatic heterocycles. The van der Waals surface area contributed by atoms with Crippen LogP contribution < -0.4 is 10.6 Å². The number of carbonyl (C=O) groups is 3. The third-order valence-electron chi connectivity index (χ3n) is 6.23. The Kier molecular flexibility index (Phi) is 7.45. The van der Waals surface area contributed by atoms with Crippen LogP contribution in [0.1, 0.15) is 36.1 Å². The summed E-state index contributed by atoms with van der Waals surface area (Å²) in [5.41, 5.74) is 5.12. The lowest BCUT2D eigenvalue weighted by molar-refractivity contribution is -0.141. The number of carboxylic acid groups (broad SMARTS) is 1. The molecule has 0 radical (unpaired) electrons. The largest absolute Gasteiger partial charge is 0.481 e. The zero-order valence-corrected chi connectivity index (χ0v) is 19.4. The van der Waals surface area contributed by atoms with Crippen molar-refractivity contribution in [1.29, 1.82) is 0 Å². The minimum atomic E-state index is -0.926. The smallest absolute Gasteiger partial charge is 0.407 e. The fourth-order valence-corrected chi connectivity index (χ4v) is 4.27. The molecule has 0 fully saturated rings. The number of ether oxygens (including phenoxy) is 1. The van der Waals surface area contributed by atoms with Crippen molar-refractivity contribution < 1.29 is 24.2 Å². The van der Waals surface area contributed by atoms with Crippen LogP contribution in [0.5, 0.6) is 0 Å². The number of imidazole rings is 1. The van der Waals surface area contributed by atoms with Crippen molar-refractivity contribution in [2.45, 2.75) is 31.7 Å². The minimum absolute atomic E-state index is 0.0921. The molecule has 1 aliphatic rings. The van der Waals surface area contributed by atoms with E-state index >= 15 is 0 Å². The number of nitrogens with one attached hydrogen (secondary N) is 3. The fraction of sp³-hybridized carbons (Fsp3) is 0.308. The molecule has 2 amide bonds. The molecule has 3 aromatic rings. The number of benzene rings is 2. The number of H-pyrrole nitrogens is 1. The van der Waals surface area contributed by atoms with Crippen LogP contribution in [0.2, 0.25) is 0 Å². The van der Waals surface area contributed by atoms with Crippen molar-refractivity contribution in [3.05, 3.63) is 77.9 Å². The topological polar surface area (TPSA) is 133 Å². The van der Waals surface area contributed by atoms with E-state index in [1.165, 1.54) is 6.33 Å². The number of hydrogen-bond acceptors (Lipinski definition) is 5. The van der Waals surface area contributed by atoms with Crippen molar-refractivity contribution in [3.8, 4) is 11.1 Å². The summed E-state index contributed by atoms with van der Waals surface area (Å²) in [7, 11) is 0. The molecule has 4 N–H and O–H groups in total. The van der Waals surface area contributed by atoms with E-state index in [2.05, 4.69) is 32.7 Å². The van der Waals surface area contributed by atoms with Gasteiger partial charge in [-0.1, -0.05) is 55.5 Å². The Morgan fingerprint density at radius 2 is 1.74 bits per heavy atom. The van der Waals surface area contributed by atoms with E-state index < -0.39 is 29.9 Å². The number of aromatic nitrogens is 2. The summed E-state index contributed by atoms with van der Waals surface area (Å²) < 4.78 is 5.58. The number of aliphatic carboxylic acids is 1. The number of rotatable bonds is 10. The first-order chi connectivity index (χ1) is 16.9. The molecule has 4 rings (SSSR count). The van der Waals surface area contributed by atoms with Gasteiger partial charge in [0.1, 0.15) is 12.6 Å². The zero-order chi connectivity index (χ0) is 24.8. The average Bonchev–Trinajstić information content (AvgIpc) is 3.48. The van der Waals surface area contributed by atoms with Crippen LogP contribution in [0.25, 0.3) is 11.1 Å². The summed E-state index contributed by atoms with van der Waals surface area (Å²) in [4.78, 5) is 43.4. The lowest BCUT2D eigenvalue weighted by Crippen LogP contribution is -2.48. The highest BCUT2D eigenvalue weighted by Crippen LogP contribution is 2.44. The Labute approximate surface area is 202 Å². The van der Waals surface area contributed by atoms with Gasteiger partial charge < -0.3 is 25.5 Å². The molecule has 0 spiro atoms. The molecular formula is C26H28N4O5. The van der Waals surface area contributed by atoms with Crippen LogP contribution >= 0.6 is 0 Å². The lowest BCUT2D eigenvalue weighted by Gasteiger charge is -2.19. The van der Waals surface area contributed by atoms with Crippen LogP contribution in [0.3, 0.4) is 0 Å². The highest BCUT2D eigenvalue weighted by Gasteiger charge is 2.30. The van der Waals surface area contributed by atoms with Crippen LogP contribution in [0.15, 0.2) is 61.1 Å². The number of carbonyl (C=O) groups excluding carboxylic acids is 2. The van der Waals surface area contributed by atoms with Gasteiger partial charge in [0.05, 0.1) is 12.2 Å². The summed E-state index contributed by atoms with van der Waals surface area (Å²) in [6.45, 7) is 1.89. The summed E-state index contributed by atoms with van der Waals surface area (Å²) in [5, 5.41) is 14.4. The van der Waals surface area contributed by atoms with Gasteiger partial charge in [-0.15, -0.1) is 0 Å². The third kappa shape index (κ3) is 5.68. The summed E-state index contributed by atoms with van der Waals surface area (Å²) >= 11 is 0. The predicted octanol–water partition coefficient (Wildman–Crippen LogP) is 3.09. The molecule has 2 atom stereocenters. The van der Waals surface area contributed by atoms with Gasteiger partial charge in [-0.2, -0.15) is 0 Å². The first-order valence-corrected chi connectivity index (χ1v) is 11.5. The standard InChI is InChI=1S/C26H28N4O5/c1-16(25(32)33)10-11-28-24(31)23(12-17-13-27-15-29-17)30-26(34)35-14-22-20-8-4-2-6-18(20)19-7-3-5-9-21(19)22/h2-9,13,15-16,22-23H,10-12,14H2,1H3,(H,27,29)(H,28,31)(H,30,34)(H,32,33)/t16?,23-/m0/s1. The maximum Gasteiger partial charge on any atom is 0.407 e. The van der Waals surface area contributed by atoms with Gasteiger partial charge in [0, 0.05) is 30.8 Å². The van der Waals surface area contributed by atoms with Crippen molar-refractivity contribution in [2.24, 2.45) is 5.92 Å². The molecule has 182 valence electrons. The summed E-state index contributed by atoms with van der Waals surface area (Å²) in [6, 6.07) is 15.2. The molecule has 0 saturated heterocycles. The first-order valence-electron chi connectivity index (χ1n) is 11.5. The SMILES string of the molecule is CC(CCNC(=O)[C@H](Cc1cnc[nH]1)NC(=O)OCC1c2ccccc2-c2ccccc21)C(=O)O. The van der Waals surface area contributed by atoms with E-state index in [4.69, 9.17) is 9.84 Å². The second-order valence-electron chi connectivity index (χ2n) is 8.62. The fourth-order valence-electron chi connectivity index (χ4n) is 4.27. The Hall–Kier alpha value is -4.14. The molecule has 2 aromatic carbocycles. The number of nitrogens with zero attached hydrogens (tertiary/aromatic N) is 1. The molecule has 9 nitrogen and oxygen atoms in total. The number of hydrogen-bond donors (Lipinski definition) is 4. The molecule has 0 bridgehead atoms. The number of aromatic amines is 1. The normalized spacial score (nSPS) is 13.9. The lowest BCUT2D eigenvalue weighted by atomic mass is 9.98. The number of fused-ring (bicyclic) bond motifs is 3. The van der Waals surface area contributed by atoms with Crippen LogP contribution in [0, 0.1) is 5.92 Å². The van der Waals surface area contributed by atoms with Gasteiger partial charge in [-0.05, 0) is 28.7 Å². The van der Waals surface area contributed by atoms with Crippen LogP contribution in [-0.2, 0) is 20.7 Å². The van der Waals surface area contributed by atoms with Gasteiger partial charge in [0.25, 0.3) is 0 Å². The van der Waals surface area contributed by atoms with Crippen molar-refractivity contribution >= 4 is 18.0 Å². The number of carboxylic acids is 1. The van der Waals surface area contributed by atoms with Gasteiger partial charge in [-0.25, -0.2) is 9.78 Å². The van der Waals surface area contributed by atoms with Gasteiger partial charge in [0.15, 0.2) is 0 Å². The van der Waals surface area contributed by atoms with E-state index in [1.807, 2.05) is 36.4 Å². The van der Waals surface area contributed by atoms with Crippen molar-refractivity contribution in [1.82, 2.24) is 20.6 Å². The molecule has 0 saturated carbocycles. The van der Waals surface area contributed by atoms with E-state index in [0.29, 0.717) is 5.69 Å². The molecule has 0 aliphatic heterocycles. The third-order valence-corrected chi connectivity index (χ3v) is 6.23. The van der Waals surface area contributed by atoms with Crippen LogP contribution in [-0.4, -0.2) is 52.2 Å². The maximum atomic E-state index is 12.8. The maximum absolute atomic E-state index is 12.8. The highest BCUT2D eigenvalue weighted by molar-refractivity contribution is 5.86. The van der Waals surface area contributed by atoms with E-state index in [9.17, 15) is 14.4 Å². The number of alkyl carbamates (subject to hydrolysis) is 1. The van der Waals surface area contributed by atoms with Gasteiger partial charge in [0.2, 0.25) is 5.91 Å². The Bertz CT molecular complexity index is 1150. The van der Waals surface area contributed by atoms with Gasteiger partial charge in [-0.3, -0.25) is 9.59 Å². The molecule has 1 aliphatic carbocycles. The second kappa shape index (κ2) is 10.9. The molecule has 1 heterocycles. The minimum Gasteiger partial charge on any atom is -0.481 e. The molecule has 35 heavy (non-hydrogen) atoms. The van der Waals surface area contributed by atoms with Crippen molar-refractivity contribution in [3.63, 3.8) is 0 Å². The monoisotopic (exact) mass is 476 g/mol. The number of amides is 2. The Morgan fingerprint density at radius 3 is 2.34 bits per heavy atom. The molecule has 9 heteroatoms. The van der Waals surface area contributed by atoms with Crippen molar-refractivity contribution in [2.75, 3.05) is 13.2 Å². The summed E-state index contributed by atoms with van der Waals surface area (Å²) in [5.74, 6) is -2.03. The highest BCUT2D eigenvalue weighted by atomic mass is 16.5.